The third-order valence-corrected chi connectivity index (χ3v) is 6.11. The van der Waals surface area contributed by atoms with E-state index in [0.717, 1.165) is 38.0 Å². The third kappa shape index (κ3) is 3.89. The molecule has 2 aliphatic heterocycles. The van der Waals surface area contributed by atoms with Crippen LogP contribution in [0.15, 0.2) is 54.9 Å². The number of piperidine rings is 1. The molecule has 5 heteroatoms. The van der Waals surface area contributed by atoms with Crippen molar-refractivity contribution in [2.24, 2.45) is 5.92 Å². The number of aromatic nitrogens is 1. The molecule has 0 aliphatic carbocycles. The lowest BCUT2D eigenvalue weighted by molar-refractivity contribution is -0.134. The summed E-state index contributed by atoms with van der Waals surface area (Å²) in [6, 6.07) is 14.7. The van der Waals surface area contributed by atoms with Gasteiger partial charge >= 0.3 is 0 Å². The van der Waals surface area contributed by atoms with Crippen LogP contribution >= 0.6 is 0 Å². The van der Waals surface area contributed by atoms with E-state index in [9.17, 15) is 4.79 Å². The molecule has 0 radical (unpaired) electrons. The molecule has 2 aromatic rings. The monoisotopic (exact) mass is 364 g/mol. The maximum atomic E-state index is 13.1. The zero-order chi connectivity index (χ0) is 18.6. The molecule has 2 fully saturated rings. The number of pyridine rings is 1. The molecule has 27 heavy (non-hydrogen) atoms. The summed E-state index contributed by atoms with van der Waals surface area (Å²) < 4.78 is 0. The number of likely N-dealkylation sites (tertiary alicyclic amines) is 1. The number of nitrogens with one attached hydrogen (secondary N) is 2. The molecule has 5 nitrogen and oxygen atoms in total. The highest BCUT2D eigenvalue weighted by molar-refractivity contribution is 5.83. The average molecular weight is 364 g/mol. The molecule has 142 valence electrons. The number of hydrogen-bond donors (Lipinski definition) is 2. The Morgan fingerprint density at radius 1 is 1.19 bits per heavy atom. The Hall–Kier alpha value is -2.24. The first-order chi connectivity index (χ1) is 13.2. The van der Waals surface area contributed by atoms with Crippen LogP contribution in [0, 0.1) is 5.92 Å². The van der Waals surface area contributed by atoms with Crippen molar-refractivity contribution in [1.82, 2.24) is 20.7 Å². The zero-order valence-electron chi connectivity index (χ0n) is 15.8. The number of benzene rings is 1. The maximum Gasteiger partial charge on any atom is 0.229 e. The fourth-order valence-corrected chi connectivity index (χ4v) is 4.56. The molecule has 3 heterocycles. The van der Waals surface area contributed by atoms with Crippen molar-refractivity contribution in [2.45, 2.75) is 37.6 Å². The van der Waals surface area contributed by atoms with Crippen LogP contribution in [0.1, 0.15) is 42.7 Å². The first-order valence-corrected chi connectivity index (χ1v) is 9.96. The van der Waals surface area contributed by atoms with Crippen molar-refractivity contribution < 1.29 is 4.79 Å². The number of carbonyl (C=O) groups excluding carboxylic acids is 1. The van der Waals surface area contributed by atoms with E-state index in [1.165, 1.54) is 5.56 Å². The second-order valence-corrected chi connectivity index (χ2v) is 7.76. The number of carbonyl (C=O) groups is 1. The van der Waals surface area contributed by atoms with Gasteiger partial charge in [-0.25, -0.2) is 0 Å². The highest BCUT2D eigenvalue weighted by Crippen LogP contribution is 2.32. The van der Waals surface area contributed by atoms with Crippen molar-refractivity contribution >= 4 is 5.91 Å². The van der Waals surface area contributed by atoms with E-state index in [2.05, 4.69) is 32.9 Å². The Labute approximate surface area is 161 Å². The fraction of sp³-hybridized carbons (Fsp3) is 0.455. The highest BCUT2D eigenvalue weighted by Gasteiger charge is 2.38. The van der Waals surface area contributed by atoms with Gasteiger partial charge in [-0.2, -0.15) is 0 Å². The van der Waals surface area contributed by atoms with Crippen molar-refractivity contribution in [3.63, 3.8) is 0 Å². The van der Waals surface area contributed by atoms with Gasteiger partial charge in [-0.3, -0.25) is 20.6 Å². The Kier molecular flexibility index (Phi) is 5.50. The van der Waals surface area contributed by atoms with Crippen molar-refractivity contribution in [1.29, 1.82) is 0 Å². The molecule has 4 atom stereocenters. The summed E-state index contributed by atoms with van der Waals surface area (Å²) in [6.45, 7) is 4.64. The van der Waals surface area contributed by atoms with E-state index in [4.69, 9.17) is 0 Å². The number of hydrogen-bond acceptors (Lipinski definition) is 4. The molecule has 2 saturated heterocycles. The molecule has 2 aliphatic rings. The maximum absolute atomic E-state index is 13.1. The summed E-state index contributed by atoms with van der Waals surface area (Å²) in [5, 5.41) is 0. The molecule has 0 bridgehead atoms. The minimum Gasteiger partial charge on any atom is -0.342 e. The molecule has 4 unspecified atom stereocenters. The predicted octanol–water partition coefficient (Wildman–Crippen LogP) is 2.68. The summed E-state index contributed by atoms with van der Waals surface area (Å²) in [4.78, 5) is 19.3. The normalized spacial score (nSPS) is 26.7. The van der Waals surface area contributed by atoms with Gasteiger partial charge in [-0.05, 0) is 48.9 Å². The van der Waals surface area contributed by atoms with Gasteiger partial charge in [0.15, 0.2) is 0 Å². The van der Waals surface area contributed by atoms with Gasteiger partial charge in [-0.1, -0.05) is 30.3 Å². The SMILES string of the molecule is CC(C(=O)N1CCCC(C2NNCC2c2ccncc2)C1)c1ccccc1. The minimum absolute atomic E-state index is 0.0874. The third-order valence-electron chi connectivity index (χ3n) is 6.11. The number of amides is 1. The van der Waals surface area contributed by atoms with Crippen LogP contribution in [-0.2, 0) is 4.79 Å². The quantitative estimate of drug-likeness (QED) is 0.876. The average Bonchev–Trinajstić information content (AvgIpc) is 3.24. The molecule has 4 rings (SSSR count). The smallest absolute Gasteiger partial charge is 0.229 e. The Morgan fingerprint density at radius 3 is 2.74 bits per heavy atom. The Morgan fingerprint density at radius 2 is 1.96 bits per heavy atom. The lowest BCUT2D eigenvalue weighted by Crippen LogP contribution is -2.49. The van der Waals surface area contributed by atoms with Gasteiger partial charge in [0.1, 0.15) is 0 Å². The second kappa shape index (κ2) is 8.19. The van der Waals surface area contributed by atoms with Crippen LogP contribution < -0.4 is 10.9 Å². The van der Waals surface area contributed by atoms with Crippen molar-refractivity contribution in [3.05, 3.63) is 66.0 Å². The summed E-state index contributed by atoms with van der Waals surface area (Å²) in [7, 11) is 0. The van der Waals surface area contributed by atoms with Gasteiger partial charge < -0.3 is 4.90 Å². The van der Waals surface area contributed by atoms with Gasteiger partial charge in [0.05, 0.1) is 5.92 Å². The lowest BCUT2D eigenvalue weighted by Gasteiger charge is -2.38. The number of nitrogens with zero attached hydrogens (tertiary/aromatic N) is 2. The number of hydrazine groups is 1. The highest BCUT2D eigenvalue weighted by atomic mass is 16.2. The molecular formula is C22H28N4O. The van der Waals surface area contributed by atoms with Crippen LogP contribution in [-0.4, -0.2) is 41.5 Å². The van der Waals surface area contributed by atoms with Crippen molar-refractivity contribution in [3.8, 4) is 0 Å². The van der Waals surface area contributed by atoms with E-state index in [-0.39, 0.29) is 11.8 Å². The zero-order valence-corrected chi connectivity index (χ0v) is 15.8. The molecule has 1 aromatic heterocycles. The van der Waals surface area contributed by atoms with E-state index in [1.807, 2.05) is 49.6 Å². The van der Waals surface area contributed by atoms with Crippen LogP contribution in [0.25, 0.3) is 0 Å². The Bertz CT molecular complexity index is 751. The van der Waals surface area contributed by atoms with Gasteiger partial charge in [-0.15, -0.1) is 0 Å². The van der Waals surface area contributed by atoms with Crippen molar-refractivity contribution in [2.75, 3.05) is 19.6 Å². The number of rotatable bonds is 4. The van der Waals surface area contributed by atoms with Gasteiger partial charge in [0.2, 0.25) is 5.91 Å². The molecule has 0 saturated carbocycles. The summed E-state index contributed by atoms with van der Waals surface area (Å²) >= 11 is 0. The summed E-state index contributed by atoms with van der Waals surface area (Å²) in [5.74, 6) is 1.03. The lowest BCUT2D eigenvalue weighted by atomic mass is 9.81. The molecule has 1 amide bonds. The minimum atomic E-state index is -0.0874. The first kappa shape index (κ1) is 18.1. The van der Waals surface area contributed by atoms with E-state index >= 15 is 0 Å². The second-order valence-electron chi connectivity index (χ2n) is 7.76. The van der Waals surface area contributed by atoms with E-state index < -0.39 is 0 Å². The molecule has 1 aromatic carbocycles. The Balaban J connectivity index is 1.45. The summed E-state index contributed by atoms with van der Waals surface area (Å²) in [6.07, 6.45) is 5.95. The summed E-state index contributed by atoms with van der Waals surface area (Å²) in [5.41, 5.74) is 9.23. The van der Waals surface area contributed by atoms with Gasteiger partial charge in [0, 0.05) is 44.0 Å². The standard InChI is InChI=1S/C22H28N4O/c1-16(17-6-3-2-4-7-17)22(27)26-13-5-8-19(15-26)21-20(14-24-25-21)18-9-11-23-12-10-18/h2-4,6-7,9-12,16,19-21,24-25H,5,8,13-15H2,1H3. The van der Waals surface area contributed by atoms with E-state index in [1.54, 1.807) is 0 Å². The van der Waals surface area contributed by atoms with Crippen LogP contribution in [0.3, 0.4) is 0 Å². The topological polar surface area (TPSA) is 57.3 Å². The predicted molar refractivity (Wildman–Crippen MR) is 106 cm³/mol. The molecular weight excluding hydrogens is 336 g/mol. The van der Waals surface area contributed by atoms with Crippen LogP contribution in [0.5, 0.6) is 0 Å². The van der Waals surface area contributed by atoms with Crippen LogP contribution in [0.4, 0.5) is 0 Å². The van der Waals surface area contributed by atoms with E-state index in [0.29, 0.717) is 17.9 Å². The fourth-order valence-electron chi connectivity index (χ4n) is 4.56. The molecule has 0 spiro atoms. The molecule has 2 N–H and O–H groups in total. The van der Waals surface area contributed by atoms with Crippen LogP contribution in [0.2, 0.25) is 0 Å². The largest absolute Gasteiger partial charge is 0.342 e. The first-order valence-electron chi connectivity index (χ1n) is 9.96. The van der Waals surface area contributed by atoms with Gasteiger partial charge in [0.25, 0.3) is 0 Å².